The molecular formula is C10H15NOS. The highest BCUT2D eigenvalue weighted by Crippen LogP contribution is 2.27. The molecule has 0 saturated carbocycles. The molecule has 0 aliphatic rings. The maximum absolute atomic E-state index is 9.55. The van der Waals surface area contributed by atoms with Gasteiger partial charge >= 0.3 is 0 Å². The predicted octanol–water partition coefficient (Wildman–Crippen LogP) is 1.88. The van der Waals surface area contributed by atoms with Crippen LogP contribution in [-0.2, 0) is 6.42 Å². The van der Waals surface area contributed by atoms with Crippen LogP contribution in [0.4, 0.5) is 0 Å². The van der Waals surface area contributed by atoms with Crippen molar-refractivity contribution in [3.63, 3.8) is 0 Å². The first-order valence-corrected chi connectivity index (χ1v) is 5.51. The molecule has 13 heavy (non-hydrogen) atoms. The van der Waals surface area contributed by atoms with Crippen molar-refractivity contribution < 1.29 is 5.11 Å². The van der Waals surface area contributed by atoms with E-state index in [1.807, 2.05) is 25.4 Å². The highest BCUT2D eigenvalue weighted by atomic mass is 32.2. The summed E-state index contributed by atoms with van der Waals surface area (Å²) in [6.07, 6.45) is 2.92. The first kappa shape index (κ1) is 10.4. The summed E-state index contributed by atoms with van der Waals surface area (Å²) in [5.74, 6) is 0.390. The number of phenolic OH excluding ortho intramolecular Hbond substituents is 1. The average molecular weight is 197 g/mol. The zero-order chi connectivity index (χ0) is 9.68. The molecule has 1 aromatic rings. The Morgan fingerprint density at radius 1 is 1.46 bits per heavy atom. The lowest BCUT2D eigenvalue weighted by molar-refractivity contribution is 0.461. The summed E-state index contributed by atoms with van der Waals surface area (Å²) in [7, 11) is 1.93. The Kier molecular flexibility index (Phi) is 4.12. The van der Waals surface area contributed by atoms with E-state index in [0.717, 1.165) is 17.9 Å². The van der Waals surface area contributed by atoms with Crippen LogP contribution in [-0.4, -0.2) is 25.0 Å². The van der Waals surface area contributed by atoms with Gasteiger partial charge < -0.3 is 10.4 Å². The predicted molar refractivity (Wildman–Crippen MR) is 57.5 cm³/mol. The fraction of sp³-hybridized carbons (Fsp3) is 0.400. The molecule has 2 N–H and O–H groups in total. The van der Waals surface area contributed by atoms with Crippen LogP contribution in [0.15, 0.2) is 23.1 Å². The first-order valence-electron chi connectivity index (χ1n) is 4.28. The van der Waals surface area contributed by atoms with E-state index in [-0.39, 0.29) is 0 Å². The van der Waals surface area contributed by atoms with Crippen molar-refractivity contribution in [2.45, 2.75) is 11.3 Å². The molecule has 0 spiro atoms. The molecule has 0 saturated heterocycles. The Labute approximate surface area is 83.4 Å². The summed E-state index contributed by atoms with van der Waals surface area (Å²) in [5.41, 5.74) is 1.17. The second-order valence-electron chi connectivity index (χ2n) is 2.86. The summed E-state index contributed by atoms with van der Waals surface area (Å²) in [6, 6.07) is 5.86. The van der Waals surface area contributed by atoms with Gasteiger partial charge in [-0.3, -0.25) is 0 Å². The van der Waals surface area contributed by atoms with E-state index in [2.05, 4.69) is 11.4 Å². The van der Waals surface area contributed by atoms with Gasteiger partial charge in [-0.25, -0.2) is 0 Å². The molecule has 0 radical (unpaired) electrons. The molecule has 0 atom stereocenters. The third-order valence-electron chi connectivity index (χ3n) is 1.91. The number of aromatic hydroxyl groups is 1. The van der Waals surface area contributed by atoms with Gasteiger partial charge in [-0.15, -0.1) is 11.8 Å². The SMILES string of the molecule is CNCCc1ccc(SC)c(O)c1. The minimum absolute atomic E-state index is 0.390. The van der Waals surface area contributed by atoms with Crippen LogP contribution in [0.2, 0.25) is 0 Å². The fourth-order valence-corrected chi connectivity index (χ4v) is 1.63. The Balaban J connectivity index is 2.71. The smallest absolute Gasteiger partial charge is 0.129 e. The van der Waals surface area contributed by atoms with Gasteiger partial charge in [0.25, 0.3) is 0 Å². The van der Waals surface area contributed by atoms with E-state index in [0.29, 0.717) is 5.75 Å². The number of benzene rings is 1. The van der Waals surface area contributed by atoms with Crippen molar-refractivity contribution >= 4 is 11.8 Å². The van der Waals surface area contributed by atoms with Crippen molar-refractivity contribution in [1.29, 1.82) is 0 Å². The molecule has 0 unspecified atom stereocenters. The molecule has 0 aromatic heterocycles. The van der Waals surface area contributed by atoms with Gasteiger partial charge in [-0.05, 0) is 44.0 Å². The van der Waals surface area contributed by atoms with Crippen LogP contribution in [0.3, 0.4) is 0 Å². The van der Waals surface area contributed by atoms with Gasteiger partial charge in [0.1, 0.15) is 5.75 Å². The molecule has 1 rings (SSSR count). The largest absolute Gasteiger partial charge is 0.507 e. The van der Waals surface area contributed by atoms with Crippen molar-refractivity contribution in [3.05, 3.63) is 23.8 Å². The normalized spacial score (nSPS) is 10.3. The Bertz CT molecular complexity index is 276. The molecule has 0 amide bonds. The van der Waals surface area contributed by atoms with Crippen LogP contribution in [0.1, 0.15) is 5.56 Å². The zero-order valence-corrected chi connectivity index (χ0v) is 8.82. The van der Waals surface area contributed by atoms with E-state index < -0.39 is 0 Å². The van der Waals surface area contributed by atoms with E-state index in [9.17, 15) is 5.11 Å². The van der Waals surface area contributed by atoms with Crippen LogP contribution < -0.4 is 5.32 Å². The van der Waals surface area contributed by atoms with Gasteiger partial charge in [0.05, 0.1) is 0 Å². The van der Waals surface area contributed by atoms with Crippen molar-refractivity contribution in [1.82, 2.24) is 5.32 Å². The number of thioether (sulfide) groups is 1. The van der Waals surface area contributed by atoms with Crippen molar-refractivity contribution in [3.8, 4) is 5.75 Å². The molecule has 1 aromatic carbocycles. The maximum Gasteiger partial charge on any atom is 0.129 e. The van der Waals surface area contributed by atoms with Gasteiger partial charge in [-0.1, -0.05) is 6.07 Å². The summed E-state index contributed by atoms with van der Waals surface area (Å²) in [5, 5.41) is 12.6. The lowest BCUT2D eigenvalue weighted by atomic mass is 10.1. The van der Waals surface area contributed by atoms with Crippen molar-refractivity contribution in [2.75, 3.05) is 19.8 Å². The quantitative estimate of drug-likeness (QED) is 0.723. The third-order valence-corrected chi connectivity index (χ3v) is 2.69. The average Bonchev–Trinajstić information content (AvgIpc) is 2.15. The van der Waals surface area contributed by atoms with Crippen LogP contribution in [0, 0.1) is 0 Å². The Morgan fingerprint density at radius 2 is 2.23 bits per heavy atom. The topological polar surface area (TPSA) is 32.3 Å². The molecule has 0 aliphatic carbocycles. The van der Waals surface area contributed by atoms with Crippen molar-refractivity contribution in [2.24, 2.45) is 0 Å². The lowest BCUT2D eigenvalue weighted by Gasteiger charge is -2.04. The van der Waals surface area contributed by atoms with Crippen LogP contribution in [0.25, 0.3) is 0 Å². The molecular weight excluding hydrogens is 182 g/mol. The number of phenols is 1. The molecule has 0 aliphatic heterocycles. The lowest BCUT2D eigenvalue weighted by Crippen LogP contribution is -2.10. The second-order valence-corrected chi connectivity index (χ2v) is 3.71. The highest BCUT2D eigenvalue weighted by Gasteiger charge is 2.00. The van der Waals surface area contributed by atoms with Crippen LogP contribution in [0.5, 0.6) is 5.75 Å². The van der Waals surface area contributed by atoms with E-state index >= 15 is 0 Å². The monoisotopic (exact) mass is 197 g/mol. The first-order chi connectivity index (χ1) is 6.27. The summed E-state index contributed by atoms with van der Waals surface area (Å²) in [4.78, 5) is 0.938. The number of rotatable bonds is 4. The van der Waals surface area contributed by atoms with Gasteiger partial charge in [-0.2, -0.15) is 0 Å². The molecule has 0 heterocycles. The highest BCUT2D eigenvalue weighted by molar-refractivity contribution is 7.98. The zero-order valence-electron chi connectivity index (χ0n) is 8.00. The van der Waals surface area contributed by atoms with Gasteiger partial charge in [0.15, 0.2) is 0 Å². The fourth-order valence-electron chi connectivity index (χ4n) is 1.16. The summed E-state index contributed by atoms with van der Waals surface area (Å²) < 4.78 is 0. The Morgan fingerprint density at radius 3 is 2.77 bits per heavy atom. The van der Waals surface area contributed by atoms with E-state index in [4.69, 9.17) is 0 Å². The molecule has 0 bridgehead atoms. The number of hydrogen-bond donors (Lipinski definition) is 2. The molecule has 72 valence electrons. The number of nitrogens with one attached hydrogen (secondary N) is 1. The van der Waals surface area contributed by atoms with E-state index in [1.165, 1.54) is 5.56 Å². The Hall–Kier alpha value is -0.670. The second kappa shape index (κ2) is 5.14. The molecule has 3 heteroatoms. The summed E-state index contributed by atoms with van der Waals surface area (Å²) >= 11 is 1.56. The summed E-state index contributed by atoms with van der Waals surface area (Å²) in [6.45, 7) is 0.943. The molecule has 2 nitrogen and oxygen atoms in total. The van der Waals surface area contributed by atoms with Gasteiger partial charge in [0.2, 0.25) is 0 Å². The standard InChI is InChI=1S/C10H15NOS/c1-11-6-5-8-3-4-10(13-2)9(12)7-8/h3-4,7,11-12H,5-6H2,1-2H3. The molecule has 0 fully saturated rings. The third kappa shape index (κ3) is 2.94. The minimum atomic E-state index is 0.390. The van der Waals surface area contributed by atoms with E-state index in [1.54, 1.807) is 11.8 Å². The number of likely N-dealkylation sites (N-methyl/N-ethyl adjacent to an activating group) is 1. The number of hydrogen-bond acceptors (Lipinski definition) is 3. The van der Waals surface area contributed by atoms with Crippen LogP contribution >= 0.6 is 11.8 Å². The maximum atomic E-state index is 9.55. The minimum Gasteiger partial charge on any atom is -0.507 e. The van der Waals surface area contributed by atoms with Gasteiger partial charge in [0, 0.05) is 4.90 Å².